The summed E-state index contributed by atoms with van der Waals surface area (Å²) in [5.74, 6) is -0.276. The average molecular weight is 302 g/mol. The minimum absolute atomic E-state index is 0.276. The van der Waals surface area contributed by atoms with Crippen molar-refractivity contribution in [3.05, 3.63) is 65.5 Å². The molecule has 0 aromatic heterocycles. The molecular formula is C17H19FN2S. The van der Waals surface area contributed by atoms with Gasteiger partial charge in [-0.1, -0.05) is 35.9 Å². The van der Waals surface area contributed by atoms with Gasteiger partial charge in [-0.05, 0) is 55.7 Å². The molecule has 0 unspecified atom stereocenters. The fourth-order valence-electron chi connectivity index (χ4n) is 1.99. The van der Waals surface area contributed by atoms with Crippen LogP contribution in [0.3, 0.4) is 0 Å². The molecule has 0 saturated carbocycles. The Morgan fingerprint density at radius 2 is 1.90 bits per heavy atom. The third-order valence-electron chi connectivity index (χ3n) is 3.13. The van der Waals surface area contributed by atoms with Crippen LogP contribution in [0.4, 0.5) is 10.1 Å². The molecular weight excluding hydrogens is 283 g/mol. The van der Waals surface area contributed by atoms with Crippen molar-refractivity contribution in [2.24, 2.45) is 0 Å². The molecule has 21 heavy (non-hydrogen) atoms. The van der Waals surface area contributed by atoms with E-state index in [9.17, 15) is 4.39 Å². The van der Waals surface area contributed by atoms with Crippen molar-refractivity contribution in [3.63, 3.8) is 0 Å². The van der Waals surface area contributed by atoms with E-state index >= 15 is 0 Å². The van der Waals surface area contributed by atoms with E-state index in [1.54, 1.807) is 12.1 Å². The zero-order valence-corrected chi connectivity index (χ0v) is 12.8. The first-order valence-corrected chi connectivity index (χ1v) is 7.40. The predicted molar refractivity (Wildman–Crippen MR) is 90.1 cm³/mol. The van der Waals surface area contributed by atoms with Crippen molar-refractivity contribution in [1.82, 2.24) is 5.32 Å². The van der Waals surface area contributed by atoms with Gasteiger partial charge in [0.15, 0.2) is 5.11 Å². The van der Waals surface area contributed by atoms with Gasteiger partial charge < -0.3 is 10.6 Å². The Morgan fingerprint density at radius 1 is 1.14 bits per heavy atom. The molecule has 0 saturated heterocycles. The monoisotopic (exact) mass is 302 g/mol. The van der Waals surface area contributed by atoms with Crippen LogP contribution >= 0.6 is 12.2 Å². The van der Waals surface area contributed by atoms with Gasteiger partial charge in [0.2, 0.25) is 0 Å². The second kappa shape index (κ2) is 7.74. The fraction of sp³-hybridized carbons (Fsp3) is 0.235. The first kappa shape index (κ1) is 15.4. The number of anilines is 1. The Hall–Kier alpha value is -1.94. The highest BCUT2D eigenvalue weighted by atomic mass is 32.1. The largest absolute Gasteiger partial charge is 0.362 e. The normalized spacial score (nSPS) is 10.2. The van der Waals surface area contributed by atoms with Gasteiger partial charge in [-0.3, -0.25) is 0 Å². The summed E-state index contributed by atoms with van der Waals surface area (Å²) in [6.07, 6.45) is 2.00. The molecule has 2 rings (SSSR count). The number of benzene rings is 2. The van der Waals surface area contributed by atoms with E-state index in [2.05, 4.69) is 41.8 Å². The molecule has 2 aromatic rings. The molecule has 0 radical (unpaired) electrons. The summed E-state index contributed by atoms with van der Waals surface area (Å²) in [6, 6.07) is 14.8. The number of hydrogen-bond acceptors (Lipinski definition) is 1. The number of halogens is 1. The molecule has 0 aliphatic rings. The number of hydrogen-bond donors (Lipinski definition) is 2. The lowest BCUT2D eigenvalue weighted by atomic mass is 10.1. The Labute approximate surface area is 130 Å². The molecule has 0 amide bonds. The van der Waals surface area contributed by atoms with Gasteiger partial charge in [0.05, 0.1) is 0 Å². The second-order valence-electron chi connectivity index (χ2n) is 4.98. The zero-order chi connectivity index (χ0) is 15.1. The maximum atomic E-state index is 13.0. The fourth-order valence-corrected chi connectivity index (χ4v) is 2.21. The third-order valence-corrected chi connectivity index (χ3v) is 3.38. The van der Waals surface area contributed by atoms with Crippen LogP contribution in [0.15, 0.2) is 48.5 Å². The van der Waals surface area contributed by atoms with Crippen molar-refractivity contribution in [2.75, 3.05) is 11.9 Å². The minimum Gasteiger partial charge on any atom is -0.362 e. The van der Waals surface area contributed by atoms with E-state index < -0.39 is 0 Å². The van der Waals surface area contributed by atoms with Crippen LogP contribution in [0.2, 0.25) is 0 Å². The van der Waals surface area contributed by atoms with Crippen molar-refractivity contribution < 1.29 is 4.39 Å². The number of nitrogens with one attached hydrogen (secondary N) is 2. The van der Waals surface area contributed by atoms with Crippen LogP contribution < -0.4 is 10.6 Å². The van der Waals surface area contributed by atoms with E-state index in [0.717, 1.165) is 19.4 Å². The summed E-state index contributed by atoms with van der Waals surface area (Å²) >= 11 is 5.18. The summed E-state index contributed by atoms with van der Waals surface area (Å²) in [5.41, 5.74) is 3.26. The summed E-state index contributed by atoms with van der Waals surface area (Å²) in [4.78, 5) is 0. The first-order chi connectivity index (χ1) is 10.1. The maximum Gasteiger partial charge on any atom is 0.170 e. The predicted octanol–water partition coefficient (Wildman–Crippen LogP) is 4.05. The molecule has 2 aromatic carbocycles. The molecule has 0 bridgehead atoms. The van der Waals surface area contributed by atoms with E-state index in [0.29, 0.717) is 10.8 Å². The lowest BCUT2D eigenvalue weighted by molar-refractivity contribution is 0.628. The van der Waals surface area contributed by atoms with Crippen LogP contribution in [0.5, 0.6) is 0 Å². The van der Waals surface area contributed by atoms with Gasteiger partial charge in [0, 0.05) is 12.2 Å². The second-order valence-corrected chi connectivity index (χ2v) is 5.39. The quantitative estimate of drug-likeness (QED) is 0.643. The molecule has 2 N–H and O–H groups in total. The molecule has 110 valence electrons. The molecule has 0 aliphatic carbocycles. The standard InChI is InChI=1S/C17H19FN2S/c1-13-7-9-14(10-8-13)4-3-11-19-17(21)20-16-6-2-5-15(18)12-16/h2,5-10,12H,3-4,11H2,1H3,(H2,19,20,21). The summed E-state index contributed by atoms with van der Waals surface area (Å²) in [5, 5.41) is 6.62. The van der Waals surface area contributed by atoms with E-state index in [1.807, 2.05) is 0 Å². The maximum absolute atomic E-state index is 13.0. The van der Waals surface area contributed by atoms with Crippen molar-refractivity contribution in [2.45, 2.75) is 19.8 Å². The molecule has 0 heterocycles. The van der Waals surface area contributed by atoms with Crippen LogP contribution in [-0.2, 0) is 6.42 Å². The Morgan fingerprint density at radius 3 is 2.62 bits per heavy atom. The molecule has 0 spiro atoms. The highest BCUT2D eigenvalue weighted by Crippen LogP contribution is 2.09. The van der Waals surface area contributed by atoms with Gasteiger partial charge in [-0.15, -0.1) is 0 Å². The topological polar surface area (TPSA) is 24.1 Å². The molecule has 2 nitrogen and oxygen atoms in total. The van der Waals surface area contributed by atoms with Gasteiger partial charge in [-0.2, -0.15) is 0 Å². The van der Waals surface area contributed by atoms with E-state index in [-0.39, 0.29) is 5.82 Å². The smallest absolute Gasteiger partial charge is 0.170 e. The van der Waals surface area contributed by atoms with E-state index in [1.165, 1.54) is 23.3 Å². The lowest BCUT2D eigenvalue weighted by Crippen LogP contribution is -2.29. The van der Waals surface area contributed by atoms with Crippen molar-refractivity contribution in [3.8, 4) is 0 Å². The number of rotatable bonds is 5. The van der Waals surface area contributed by atoms with Crippen molar-refractivity contribution >= 4 is 23.0 Å². The summed E-state index contributed by atoms with van der Waals surface area (Å²) in [6.45, 7) is 2.87. The van der Waals surface area contributed by atoms with Crippen LogP contribution in [0.25, 0.3) is 0 Å². The number of thiocarbonyl (C=S) groups is 1. The highest BCUT2D eigenvalue weighted by Gasteiger charge is 1.99. The number of aryl methyl sites for hydroxylation is 2. The molecule has 0 fully saturated rings. The average Bonchev–Trinajstić information content (AvgIpc) is 2.45. The highest BCUT2D eigenvalue weighted by molar-refractivity contribution is 7.80. The van der Waals surface area contributed by atoms with Gasteiger partial charge >= 0.3 is 0 Å². The Kier molecular flexibility index (Phi) is 5.69. The lowest BCUT2D eigenvalue weighted by Gasteiger charge is -2.10. The van der Waals surface area contributed by atoms with Crippen LogP contribution in [0, 0.1) is 12.7 Å². The Bertz CT molecular complexity index is 596. The van der Waals surface area contributed by atoms with E-state index in [4.69, 9.17) is 12.2 Å². The molecule has 0 aliphatic heterocycles. The van der Waals surface area contributed by atoms with Gasteiger partial charge in [0.25, 0.3) is 0 Å². The van der Waals surface area contributed by atoms with Crippen LogP contribution in [-0.4, -0.2) is 11.7 Å². The summed E-state index contributed by atoms with van der Waals surface area (Å²) < 4.78 is 13.0. The molecule has 0 atom stereocenters. The van der Waals surface area contributed by atoms with Crippen molar-refractivity contribution in [1.29, 1.82) is 0 Å². The Balaban J connectivity index is 1.68. The summed E-state index contributed by atoms with van der Waals surface area (Å²) in [7, 11) is 0. The van der Waals surface area contributed by atoms with Crippen LogP contribution in [0.1, 0.15) is 17.5 Å². The first-order valence-electron chi connectivity index (χ1n) is 6.99. The van der Waals surface area contributed by atoms with Gasteiger partial charge in [-0.25, -0.2) is 4.39 Å². The van der Waals surface area contributed by atoms with Gasteiger partial charge in [0.1, 0.15) is 5.82 Å². The zero-order valence-electron chi connectivity index (χ0n) is 12.0. The molecule has 4 heteroatoms. The third kappa shape index (κ3) is 5.52. The SMILES string of the molecule is Cc1ccc(CCCNC(=S)Nc2cccc(F)c2)cc1. The minimum atomic E-state index is -0.276.